The minimum atomic E-state index is -0.562. The molecule has 0 bridgehead atoms. The maximum Gasteiger partial charge on any atom is 0.316 e. The van der Waals surface area contributed by atoms with Crippen molar-refractivity contribution in [1.29, 1.82) is 0 Å². The van der Waals surface area contributed by atoms with Gasteiger partial charge in [0.1, 0.15) is 0 Å². The molecule has 8 N–H and O–H groups in total. The minimum absolute atomic E-state index is 0.00608. The molecule has 2 fully saturated rings. The third kappa shape index (κ3) is 20.1. The Labute approximate surface area is 322 Å². The second-order valence-electron chi connectivity index (χ2n) is 13.8. The van der Waals surface area contributed by atoms with E-state index in [0.29, 0.717) is 98.5 Å². The van der Waals surface area contributed by atoms with Crippen molar-refractivity contribution in [1.82, 2.24) is 41.8 Å². The topological polar surface area (TPSA) is 250 Å². The van der Waals surface area contributed by atoms with E-state index in [1.807, 2.05) is 0 Å². The summed E-state index contributed by atoms with van der Waals surface area (Å²) in [5.41, 5.74) is 0. The van der Waals surface area contributed by atoms with Crippen LogP contribution >= 0.6 is 11.8 Å². The molecule has 0 radical (unpaired) electrons. The predicted octanol–water partition coefficient (Wildman–Crippen LogP) is 2.01. The smallest absolute Gasteiger partial charge is 0.316 e. The van der Waals surface area contributed by atoms with Gasteiger partial charge in [-0.25, -0.2) is 20.0 Å². The zero-order chi connectivity index (χ0) is 39.7. The van der Waals surface area contributed by atoms with E-state index in [2.05, 4.69) is 26.6 Å². The SMILES string of the molecule is CC(=O)N(O)CCCCCNC(=O)CCC(=O)N(O)CCCCCNC(=O)CCC(=O)N(O)CCCCCNC(=O)CCCCC1CSC2NC(=O)NC12. The van der Waals surface area contributed by atoms with Gasteiger partial charge in [0, 0.05) is 84.0 Å². The summed E-state index contributed by atoms with van der Waals surface area (Å²) in [6.07, 6.45) is 8.47. The first-order valence-corrected chi connectivity index (χ1v) is 20.4. The molecule has 0 aromatic carbocycles. The van der Waals surface area contributed by atoms with Crippen molar-refractivity contribution in [2.24, 2.45) is 5.92 Å². The molecule has 2 heterocycles. The normalized spacial score (nSPS) is 17.2. The molecule has 0 saturated carbocycles. The molecule has 2 saturated heterocycles. The van der Waals surface area contributed by atoms with Crippen LogP contribution in [0.3, 0.4) is 0 Å². The minimum Gasteiger partial charge on any atom is -0.356 e. The van der Waals surface area contributed by atoms with Crippen LogP contribution in [0.1, 0.15) is 116 Å². The zero-order valence-corrected chi connectivity index (χ0v) is 32.5. The summed E-state index contributed by atoms with van der Waals surface area (Å²) in [5.74, 6) is -0.702. The lowest BCUT2D eigenvalue weighted by Gasteiger charge is -2.16. The van der Waals surface area contributed by atoms with Crippen LogP contribution in [0.15, 0.2) is 0 Å². The number of carbonyl (C=O) groups is 7. The molecule has 0 aliphatic carbocycles. The number of nitrogens with zero attached hydrogens (tertiary/aromatic N) is 3. The van der Waals surface area contributed by atoms with Crippen LogP contribution in [-0.2, 0) is 28.8 Å². The van der Waals surface area contributed by atoms with Gasteiger partial charge in [0.25, 0.3) is 0 Å². The lowest BCUT2D eigenvalue weighted by Crippen LogP contribution is -2.33. The number of carbonyl (C=O) groups excluding carboxylic acids is 7. The summed E-state index contributed by atoms with van der Waals surface area (Å²) in [6.45, 7) is 3.02. The lowest BCUT2D eigenvalue weighted by atomic mass is 9.96. The standard InChI is InChI=1S/C35H62N8O10S/c1-26(44)41(51)22-10-2-7-20-37-29(46)15-17-32(49)43(53)24-12-4-9-21-38-30(47)16-18-31(48)42(52)23-11-3-8-19-36-28(45)14-6-5-13-27-25-54-34-33(27)39-35(50)40-34/h27,33-34,51-53H,2-25H2,1H3,(H,36,45)(H,37,46)(H,38,47)(H2,39,40,50). The Kier molecular flexibility index (Phi) is 23.2. The van der Waals surface area contributed by atoms with E-state index in [4.69, 9.17) is 0 Å². The summed E-state index contributed by atoms with van der Waals surface area (Å²) < 4.78 is 0. The second kappa shape index (κ2) is 27.0. The molecule has 0 spiro atoms. The average molecular weight is 787 g/mol. The van der Waals surface area contributed by atoms with Crippen LogP contribution in [0.2, 0.25) is 0 Å². The molecule has 18 nitrogen and oxygen atoms in total. The van der Waals surface area contributed by atoms with Crippen molar-refractivity contribution in [2.75, 3.05) is 45.0 Å². The van der Waals surface area contributed by atoms with E-state index in [0.717, 1.165) is 31.4 Å². The maximum absolute atomic E-state index is 12.2. The monoisotopic (exact) mass is 786 g/mol. The third-order valence-electron chi connectivity index (χ3n) is 9.30. The Bertz CT molecular complexity index is 1210. The summed E-state index contributed by atoms with van der Waals surface area (Å²) in [6, 6.07) is 0.0814. The van der Waals surface area contributed by atoms with Crippen LogP contribution in [0.5, 0.6) is 0 Å². The van der Waals surface area contributed by atoms with Crippen molar-refractivity contribution in [2.45, 2.75) is 127 Å². The van der Waals surface area contributed by atoms with E-state index >= 15 is 0 Å². The highest BCUT2D eigenvalue weighted by molar-refractivity contribution is 8.00. The maximum atomic E-state index is 12.2. The predicted molar refractivity (Wildman–Crippen MR) is 199 cm³/mol. The third-order valence-corrected chi connectivity index (χ3v) is 10.7. The number of hydrogen-bond acceptors (Lipinski definition) is 11. The number of rotatable bonds is 29. The van der Waals surface area contributed by atoms with Crippen LogP contribution < -0.4 is 26.6 Å². The number of urea groups is 1. The first kappa shape index (κ1) is 46.5. The molecule has 3 unspecified atom stereocenters. The van der Waals surface area contributed by atoms with E-state index in [9.17, 15) is 49.2 Å². The van der Waals surface area contributed by atoms with Gasteiger partial charge in [-0.15, -0.1) is 11.8 Å². The Morgan fingerprint density at radius 2 is 1.07 bits per heavy atom. The number of nitrogens with one attached hydrogen (secondary N) is 5. The highest BCUT2D eigenvalue weighted by Crippen LogP contribution is 2.35. The molecule has 2 aliphatic rings. The zero-order valence-electron chi connectivity index (χ0n) is 31.7. The van der Waals surface area contributed by atoms with Crippen molar-refractivity contribution in [3.05, 3.63) is 0 Å². The fourth-order valence-corrected chi connectivity index (χ4v) is 7.55. The molecule has 8 amide bonds. The first-order chi connectivity index (χ1) is 25.9. The van der Waals surface area contributed by atoms with Crippen molar-refractivity contribution in [3.8, 4) is 0 Å². The van der Waals surface area contributed by atoms with Crippen LogP contribution in [-0.4, -0.2) is 129 Å². The van der Waals surface area contributed by atoms with Crippen molar-refractivity contribution < 1.29 is 49.2 Å². The van der Waals surface area contributed by atoms with Crippen LogP contribution in [0.25, 0.3) is 0 Å². The van der Waals surface area contributed by atoms with E-state index in [-0.39, 0.29) is 80.5 Å². The van der Waals surface area contributed by atoms with Gasteiger partial charge in [-0.05, 0) is 76.5 Å². The van der Waals surface area contributed by atoms with E-state index < -0.39 is 17.7 Å². The van der Waals surface area contributed by atoms with Crippen molar-refractivity contribution in [3.63, 3.8) is 0 Å². The number of unbranched alkanes of at least 4 members (excludes halogenated alkanes) is 7. The van der Waals surface area contributed by atoms with Gasteiger partial charge in [0.15, 0.2) is 0 Å². The van der Waals surface area contributed by atoms with Gasteiger partial charge < -0.3 is 26.6 Å². The van der Waals surface area contributed by atoms with Crippen LogP contribution in [0, 0.1) is 5.92 Å². The Morgan fingerprint density at radius 1 is 0.611 bits per heavy atom. The lowest BCUT2D eigenvalue weighted by molar-refractivity contribution is -0.166. The molecule has 3 atom stereocenters. The summed E-state index contributed by atoms with van der Waals surface area (Å²) >= 11 is 1.77. The quantitative estimate of drug-likeness (QED) is 0.0310. The summed E-state index contributed by atoms with van der Waals surface area (Å²) in [5, 5.41) is 45.5. The number of thioether (sulfide) groups is 1. The molecule has 0 aromatic heterocycles. The first-order valence-electron chi connectivity index (χ1n) is 19.3. The fourth-order valence-electron chi connectivity index (χ4n) is 6.03. The molecule has 0 aromatic rings. The van der Waals surface area contributed by atoms with Gasteiger partial charge in [-0.2, -0.15) is 0 Å². The van der Waals surface area contributed by atoms with Gasteiger partial charge in [-0.3, -0.25) is 44.4 Å². The summed E-state index contributed by atoms with van der Waals surface area (Å²) in [7, 11) is 0. The number of amides is 8. The molecular weight excluding hydrogens is 724 g/mol. The van der Waals surface area contributed by atoms with E-state index in [1.54, 1.807) is 11.8 Å². The van der Waals surface area contributed by atoms with E-state index in [1.165, 1.54) is 6.92 Å². The Balaban J connectivity index is 1.36. The van der Waals surface area contributed by atoms with Gasteiger partial charge in [0.05, 0.1) is 11.4 Å². The molecule has 308 valence electrons. The average Bonchev–Trinajstić information content (AvgIpc) is 3.70. The number of hydrogen-bond donors (Lipinski definition) is 8. The summed E-state index contributed by atoms with van der Waals surface area (Å²) in [4.78, 5) is 82.9. The Morgan fingerprint density at radius 3 is 1.56 bits per heavy atom. The van der Waals surface area contributed by atoms with Crippen LogP contribution in [0.4, 0.5) is 4.79 Å². The highest BCUT2D eigenvalue weighted by Gasteiger charge is 2.42. The van der Waals surface area contributed by atoms with Gasteiger partial charge in [0.2, 0.25) is 35.4 Å². The Hall–Kier alpha value is -3.68. The molecule has 19 heteroatoms. The van der Waals surface area contributed by atoms with Crippen molar-refractivity contribution >= 4 is 53.2 Å². The molecule has 2 aliphatic heterocycles. The fraction of sp³-hybridized carbons (Fsp3) is 0.800. The molecular formula is C35H62N8O10S. The number of fused-ring (bicyclic) bond motifs is 1. The largest absolute Gasteiger partial charge is 0.356 e. The number of hydroxylamine groups is 6. The van der Waals surface area contributed by atoms with Gasteiger partial charge >= 0.3 is 6.03 Å². The molecule has 54 heavy (non-hydrogen) atoms. The second-order valence-corrected chi connectivity index (χ2v) is 15.0. The molecule has 2 rings (SSSR count). The van der Waals surface area contributed by atoms with Gasteiger partial charge in [-0.1, -0.05) is 6.42 Å². The highest BCUT2D eigenvalue weighted by atomic mass is 32.2.